The van der Waals surface area contributed by atoms with Gasteiger partial charge < -0.3 is 5.32 Å². The topological polar surface area (TPSA) is 41.1 Å². The van der Waals surface area contributed by atoms with Crippen LogP contribution in [-0.4, -0.2) is 18.0 Å². The van der Waals surface area contributed by atoms with E-state index < -0.39 is 5.54 Å². The van der Waals surface area contributed by atoms with E-state index in [2.05, 4.69) is 16.7 Å². The molecule has 124 valence electrons. The Morgan fingerprint density at radius 3 is 2.79 bits per heavy atom. The van der Waals surface area contributed by atoms with E-state index in [1.165, 1.54) is 6.07 Å². The van der Waals surface area contributed by atoms with Crippen molar-refractivity contribution in [3.8, 4) is 11.1 Å². The molecule has 0 saturated carbocycles. The fourth-order valence-electron chi connectivity index (χ4n) is 3.99. The van der Waals surface area contributed by atoms with Crippen molar-refractivity contribution in [2.75, 3.05) is 6.54 Å². The molecule has 24 heavy (non-hydrogen) atoms. The van der Waals surface area contributed by atoms with E-state index in [0.717, 1.165) is 43.4 Å². The van der Waals surface area contributed by atoms with E-state index in [4.69, 9.17) is 0 Å². The number of carbonyl (C=O) groups is 1. The predicted molar refractivity (Wildman–Crippen MR) is 91.9 cm³/mol. The average Bonchev–Trinajstić information content (AvgIpc) is 3.03. The van der Waals surface area contributed by atoms with Gasteiger partial charge in [-0.25, -0.2) is 4.39 Å². The Bertz CT molecular complexity index is 776. The molecule has 0 radical (unpaired) electrons. The second-order valence-corrected chi connectivity index (χ2v) is 6.78. The average molecular weight is 324 g/mol. The third-order valence-electron chi connectivity index (χ3n) is 5.28. The summed E-state index contributed by atoms with van der Waals surface area (Å²) in [5.41, 5.74) is 2.19. The number of hydrogen-bond acceptors (Lipinski definition) is 2. The smallest absolute Gasteiger partial charge is 0.240 e. The summed E-state index contributed by atoms with van der Waals surface area (Å²) in [6.45, 7) is 0.774. The SMILES string of the molecule is O=C1NCCC[C@]12CC[C@H](c1cccc(-c3ccccc3F)c1)N2. The molecule has 4 rings (SSSR count). The Kier molecular flexibility index (Phi) is 3.85. The van der Waals surface area contributed by atoms with Crippen molar-refractivity contribution in [3.63, 3.8) is 0 Å². The zero-order chi connectivity index (χ0) is 16.6. The lowest BCUT2D eigenvalue weighted by molar-refractivity contribution is -0.129. The number of halogens is 1. The summed E-state index contributed by atoms with van der Waals surface area (Å²) in [4.78, 5) is 12.3. The number of hydrogen-bond donors (Lipinski definition) is 2. The molecule has 2 N–H and O–H groups in total. The van der Waals surface area contributed by atoms with E-state index >= 15 is 0 Å². The summed E-state index contributed by atoms with van der Waals surface area (Å²) in [6.07, 6.45) is 3.69. The minimum absolute atomic E-state index is 0.126. The van der Waals surface area contributed by atoms with Gasteiger partial charge in [-0.3, -0.25) is 10.1 Å². The van der Waals surface area contributed by atoms with Crippen molar-refractivity contribution in [1.82, 2.24) is 10.6 Å². The van der Waals surface area contributed by atoms with Crippen LogP contribution in [0.2, 0.25) is 0 Å². The van der Waals surface area contributed by atoms with Gasteiger partial charge in [-0.2, -0.15) is 0 Å². The maximum absolute atomic E-state index is 14.1. The first kappa shape index (κ1) is 15.3. The zero-order valence-electron chi connectivity index (χ0n) is 13.5. The molecule has 0 aliphatic carbocycles. The second kappa shape index (κ2) is 6.02. The number of nitrogens with one attached hydrogen (secondary N) is 2. The molecule has 2 aliphatic rings. The van der Waals surface area contributed by atoms with Crippen LogP contribution in [0.1, 0.15) is 37.3 Å². The summed E-state index contributed by atoms with van der Waals surface area (Å²) < 4.78 is 14.1. The van der Waals surface area contributed by atoms with Crippen molar-refractivity contribution in [3.05, 3.63) is 59.9 Å². The Morgan fingerprint density at radius 2 is 1.96 bits per heavy atom. The van der Waals surface area contributed by atoms with E-state index in [0.29, 0.717) is 5.56 Å². The normalized spacial score (nSPS) is 26.5. The van der Waals surface area contributed by atoms with Crippen molar-refractivity contribution in [2.24, 2.45) is 0 Å². The van der Waals surface area contributed by atoms with Gasteiger partial charge in [-0.05, 0) is 48.9 Å². The number of piperidine rings is 1. The van der Waals surface area contributed by atoms with Gasteiger partial charge in [-0.15, -0.1) is 0 Å². The maximum Gasteiger partial charge on any atom is 0.240 e. The molecule has 2 aliphatic heterocycles. The lowest BCUT2D eigenvalue weighted by Gasteiger charge is -2.33. The van der Waals surface area contributed by atoms with Crippen molar-refractivity contribution >= 4 is 5.91 Å². The molecule has 0 bridgehead atoms. The van der Waals surface area contributed by atoms with E-state index in [9.17, 15) is 9.18 Å². The van der Waals surface area contributed by atoms with Crippen LogP contribution in [0, 0.1) is 5.82 Å². The Balaban J connectivity index is 1.61. The van der Waals surface area contributed by atoms with Crippen LogP contribution in [0.3, 0.4) is 0 Å². The van der Waals surface area contributed by atoms with Gasteiger partial charge in [0, 0.05) is 18.2 Å². The van der Waals surface area contributed by atoms with E-state index in [-0.39, 0.29) is 17.8 Å². The van der Waals surface area contributed by atoms with E-state index in [1.807, 2.05) is 24.3 Å². The molecule has 3 nitrogen and oxygen atoms in total. The highest BCUT2D eigenvalue weighted by atomic mass is 19.1. The summed E-state index contributed by atoms with van der Waals surface area (Å²) in [5, 5.41) is 6.54. The number of carbonyl (C=O) groups excluding carboxylic acids is 1. The molecule has 2 aromatic carbocycles. The highest BCUT2D eigenvalue weighted by molar-refractivity contribution is 5.87. The number of rotatable bonds is 2. The van der Waals surface area contributed by atoms with Gasteiger partial charge in [0.2, 0.25) is 5.91 Å². The lowest BCUT2D eigenvalue weighted by atomic mass is 9.88. The Hall–Kier alpha value is -2.20. The van der Waals surface area contributed by atoms with Crippen LogP contribution >= 0.6 is 0 Å². The molecule has 2 heterocycles. The molecule has 2 aromatic rings. The minimum atomic E-state index is -0.420. The van der Waals surface area contributed by atoms with Crippen LogP contribution < -0.4 is 10.6 Å². The molecule has 4 heteroatoms. The van der Waals surface area contributed by atoms with Crippen LogP contribution in [0.15, 0.2) is 48.5 Å². The van der Waals surface area contributed by atoms with Gasteiger partial charge in [0.05, 0.1) is 5.54 Å². The quantitative estimate of drug-likeness (QED) is 0.887. The standard InChI is InChI=1S/C20H21FN2O/c21-17-8-2-1-7-16(17)14-5-3-6-15(13-14)18-9-11-20(23-18)10-4-12-22-19(20)24/h1-3,5-8,13,18,23H,4,9-12H2,(H,22,24)/t18-,20+/m1/s1. The second-order valence-electron chi connectivity index (χ2n) is 6.78. The van der Waals surface area contributed by atoms with Gasteiger partial charge in [0.25, 0.3) is 0 Å². The van der Waals surface area contributed by atoms with Gasteiger partial charge in [-0.1, -0.05) is 36.4 Å². The fourth-order valence-corrected chi connectivity index (χ4v) is 3.99. The van der Waals surface area contributed by atoms with Gasteiger partial charge >= 0.3 is 0 Å². The van der Waals surface area contributed by atoms with Crippen LogP contribution in [-0.2, 0) is 4.79 Å². The molecule has 1 amide bonds. The first-order valence-electron chi connectivity index (χ1n) is 8.59. The third kappa shape index (κ3) is 2.61. The van der Waals surface area contributed by atoms with Crippen LogP contribution in [0.25, 0.3) is 11.1 Å². The van der Waals surface area contributed by atoms with Crippen LogP contribution in [0.5, 0.6) is 0 Å². The molecule has 2 fully saturated rings. The van der Waals surface area contributed by atoms with Crippen molar-refractivity contribution in [2.45, 2.75) is 37.3 Å². The predicted octanol–water partition coefficient (Wildman–Crippen LogP) is 3.57. The first-order chi connectivity index (χ1) is 11.7. The Morgan fingerprint density at radius 1 is 1.08 bits per heavy atom. The molecular weight excluding hydrogens is 303 g/mol. The largest absolute Gasteiger partial charge is 0.354 e. The minimum Gasteiger partial charge on any atom is -0.354 e. The van der Waals surface area contributed by atoms with Gasteiger partial charge in [0.1, 0.15) is 5.82 Å². The molecule has 2 saturated heterocycles. The highest BCUT2D eigenvalue weighted by Gasteiger charge is 2.46. The highest BCUT2D eigenvalue weighted by Crippen LogP contribution is 2.38. The summed E-state index contributed by atoms with van der Waals surface area (Å²) >= 11 is 0. The van der Waals surface area contributed by atoms with Gasteiger partial charge in [0.15, 0.2) is 0 Å². The zero-order valence-corrected chi connectivity index (χ0v) is 13.5. The Labute approximate surface area is 141 Å². The molecule has 2 atom stereocenters. The summed E-state index contributed by atoms with van der Waals surface area (Å²) in [6, 6.07) is 15.0. The van der Waals surface area contributed by atoms with Crippen molar-refractivity contribution < 1.29 is 9.18 Å². The third-order valence-corrected chi connectivity index (χ3v) is 5.28. The molecule has 0 aromatic heterocycles. The van der Waals surface area contributed by atoms with E-state index in [1.54, 1.807) is 12.1 Å². The first-order valence-corrected chi connectivity index (χ1v) is 8.59. The fraction of sp³-hybridized carbons (Fsp3) is 0.350. The number of amides is 1. The van der Waals surface area contributed by atoms with Crippen molar-refractivity contribution in [1.29, 1.82) is 0 Å². The summed E-state index contributed by atoms with van der Waals surface area (Å²) in [5.74, 6) is -0.0846. The number of benzene rings is 2. The van der Waals surface area contributed by atoms with Crippen LogP contribution in [0.4, 0.5) is 4.39 Å². The molecule has 0 unspecified atom stereocenters. The molecule has 1 spiro atoms. The monoisotopic (exact) mass is 324 g/mol. The maximum atomic E-state index is 14.1. The lowest BCUT2D eigenvalue weighted by Crippen LogP contribution is -2.57. The molecular formula is C20H21FN2O. The summed E-state index contributed by atoms with van der Waals surface area (Å²) in [7, 11) is 0.